The molecule has 1 aromatic heterocycles. The second-order valence-electron chi connectivity index (χ2n) is 7.17. The zero-order valence-corrected chi connectivity index (χ0v) is 17.6. The largest absolute Gasteiger partial charge is 0.481 e. The number of aryl methyl sites for hydroxylation is 2. The number of aromatic amines is 1. The Morgan fingerprint density at radius 1 is 1.16 bits per heavy atom. The molecule has 2 heterocycles. The Balaban J connectivity index is 1.51. The van der Waals surface area contributed by atoms with E-state index >= 15 is 0 Å². The van der Waals surface area contributed by atoms with Gasteiger partial charge in [0.2, 0.25) is 5.78 Å². The predicted molar refractivity (Wildman–Crippen MR) is 117 cm³/mol. The Morgan fingerprint density at radius 3 is 2.68 bits per heavy atom. The molecule has 0 saturated carbocycles. The van der Waals surface area contributed by atoms with Crippen LogP contribution in [0.25, 0.3) is 11.1 Å². The number of hydrogen-bond donors (Lipinski definition) is 2. The molecule has 2 N–H and O–H groups in total. The summed E-state index contributed by atoms with van der Waals surface area (Å²) < 4.78 is 1.32. The monoisotopic (exact) mass is 436 g/mol. The average molecular weight is 436 g/mol. The van der Waals surface area contributed by atoms with Gasteiger partial charge >= 0.3 is 5.97 Å². The third kappa shape index (κ3) is 4.36. The number of aromatic nitrogens is 2. The Morgan fingerprint density at radius 2 is 1.94 bits per heavy atom. The number of hydrogen-bond acceptors (Lipinski definition) is 6. The van der Waals surface area contributed by atoms with Crippen LogP contribution in [-0.2, 0) is 11.3 Å². The van der Waals surface area contributed by atoms with Crippen LogP contribution in [0.4, 0.5) is 5.69 Å². The van der Waals surface area contributed by atoms with Gasteiger partial charge in [0.25, 0.3) is 5.56 Å². The number of carbonyl (C=O) groups excluding carboxylic acids is 1. The van der Waals surface area contributed by atoms with Crippen LogP contribution in [0.1, 0.15) is 28.9 Å². The molecule has 0 bridgehead atoms. The SMILES string of the molecule is Cc1[nH]n(CCCC(=O)O)c(=O)c1N=NC1Sc2ccc(-c3ccccc3)cc2C1=O. The van der Waals surface area contributed by atoms with E-state index in [0.29, 0.717) is 17.7 Å². The fourth-order valence-corrected chi connectivity index (χ4v) is 4.39. The summed E-state index contributed by atoms with van der Waals surface area (Å²) in [5.74, 6) is -1.06. The number of carboxylic acid groups (broad SMARTS) is 1. The average Bonchev–Trinajstić information content (AvgIpc) is 3.22. The Labute approximate surface area is 182 Å². The van der Waals surface area contributed by atoms with Gasteiger partial charge < -0.3 is 5.11 Å². The normalized spacial score (nSPS) is 15.5. The van der Waals surface area contributed by atoms with Crippen LogP contribution in [0.5, 0.6) is 0 Å². The quantitative estimate of drug-likeness (QED) is 0.532. The molecule has 0 fully saturated rings. The van der Waals surface area contributed by atoms with Crippen molar-refractivity contribution in [2.75, 3.05) is 0 Å². The molecule has 31 heavy (non-hydrogen) atoms. The number of aliphatic carboxylic acids is 1. The van der Waals surface area contributed by atoms with E-state index in [9.17, 15) is 14.4 Å². The highest BCUT2D eigenvalue weighted by atomic mass is 32.2. The third-order valence-electron chi connectivity index (χ3n) is 4.96. The first-order chi connectivity index (χ1) is 14.9. The molecule has 2 aromatic carbocycles. The summed E-state index contributed by atoms with van der Waals surface area (Å²) in [6.07, 6.45) is 0.291. The van der Waals surface area contributed by atoms with E-state index in [4.69, 9.17) is 5.11 Å². The fraction of sp³-hybridized carbons (Fsp3) is 0.227. The van der Waals surface area contributed by atoms with Crippen LogP contribution in [0.3, 0.4) is 0 Å². The lowest BCUT2D eigenvalue weighted by Gasteiger charge is -2.03. The molecule has 3 aromatic rings. The molecule has 4 rings (SSSR count). The van der Waals surface area contributed by atoms with Crippen molar-refractivity contribution in [3.63, 3.8) is 0 Å². The molecule has 1 aliphatic rings. The minimum Gasteiger partial charge on any atom is -0.481 e. The molecule has 9 heteroatoms. The van der Waals surface area contributed by atoms with Crippen molar-refractivity contribution in [2.24, 2.45) is 10.2 Å². The highest BCUT2D eigenvalue weighted by Gasteiger charge is 2.32. The Kier molecular flexibility index (Phi) is 5.85. The maximum atomic E-state index is 12.9. The number of Topliss-reactive ketones (excluding diaryl/α,β-unsaturated/α-hetero) is 1. The fourth-order valence-electron chi connectivity index (χ4n) is 3.39. The maximum Gasteiger partial charge on any atom is 0.303 e. The molecule has 0 amide bonds. The van der Waals surface area contributed by atoms with Gasteiger partial charge in [0.1, 0.15) is 0 Å². The van der Waals surface area contributed by atoms with Gasteiger partial charge in [0.15, 0.2) is 11.1 Å². The van der Waals surface area contributed by atoms with Crippen molar-refractivity contribution in [3.8, 4) is 11.1 Å². The topological polar surface area (TPSA) is 117 Å². The summed E-state index contributed by atoms with van der Waals surface area (Å²) in [6.45, 7) is 1.93. The van der Waals surface area contributed by atoms with Gasteiger partial charge in [0, 0.05) is 23.4 Å². The number of carboxylic acids is 1. The lowest BCUT2D eigenvalue weighted by atomic mass is 10.0. The van der Waals surface area contributed by atoms with Crippen LogP contribution in [-0.4, -0.2) is 32.0 Å². The van der Waals surface area contributed by atoms with Crippen molar-refractivity contribution in [2.45, 2.75) is 36.6 Å². The summed E-state index contributed by atoms with van der Waals surface area (Å²) in [7, 11) is 0. The summed E-state index contributed by atoms with van der Waals surface area (Å²) in [4.78, 5) is 36.9. The smallest absolute Gasteiger partial charge is 0.303 e. The van der Waals surface area contributed by atoms with E-state index in [1.54, 1.807) is 6.92 Å². The summed E-state index contributed by atoms with van der Waals surface area (Å²) >= 11 is 1.31. The van der Waals surface area contributed by atoms with Gasteiger partial charge in [-0.2, -0.15) is 5.11 Å². The minimum atomic E-state index is -0.914. The number of fused-ring (bicyclic) bond motifs is 1. The second-order valence-corrected chi connectivity index (χ2v) is 8.29. The van der Waals surface area contributed by atoms with E-state index in [2.05, 4.69) is 15.3 Å². The first-order valence-corrected chi connectivity index (χ1v) is 10.6. The molecular weight excluding hydrogens is 416 g/mol. The number of H-pyrrole nitrogens is 1. The molecule has 8 nitrogen and oxygen atoms in total. The second kappa shape index (κ2) is 8.73. The number of ketones is 1. The van der Waals surface area contributed by atoms with Gasteiger partial charge in [-0.05, 0) is 36.6 Å². The molecule has 1 aliphatic heterocycles. The van der Waals surface area contributed by atoms with E-state index in [1.807, 2.05) is 48.5 Å². The zero-order chi connectivity index (χ0) is 22.0. The molecule has 0 spiro atoms. The Bertz CT molecular complexity index is 1230. The molecule has 158 valence electrons. The highest BCUT2D eigenvalue weighted by Crippen LogP contribution is 2.40. The molecule has 0 saturated heterocycles. The number of nitrogens with one attached hydrogen (secondary N) is 1. The van der Waals surface area contributed by atoms with Crippen LogP contribution < -0.4 is 5.56 Å². The molecule has 1 unspecified atom stereocenters. The molecule has 0 radical (unpaired) electrons. The van der Waals surface area contributed by atoms with Crippen molar-refractivity contribution < 1.29 is 14.7 Å². The first kappa shape index (κ1) is 20.8. The van der Waals surface area contributed by atoms with Gasteiger partial charge in [-0.15, -0.1) is 5.11 Å². The van der Waals surface area contributed by atoms with E-state index in [-0.39, 0.29) is 30.0 Å². The minimum absolute atomic E-state index is 0.0300. The molecular formula is C22H20N4O4S. The third-order valence-corrected chi connectivity index (χ3v) is 6.10. The van der Waals surface area contributed by atoms with Crippen LogP contribution in [0.15, 0.2) is 68.4 Å². The number of azo groups is 1. The van der Waals surface area contributed by atoms with E-state index < -0.39 is 11.3 Å². The summed E-state index contributed by atoms with van der Waals surface area (Å²) in [5, 5.41) is 19.1. The van der Waals surface area contributed by atoms with Gasteiger partial charge in [-0.3, -0.25) is 24.2 Å². The number of rotatable bonds is 7. The van der Waals surface area contributed by atoms with Crippen molar-refractivity contribution in [1.82, 2.24) is 9.78 Å². The first-order valence-electron chi connectivity index (χ1n) is 9.76. The van der Waals surface area contributed by atoms with Crippen LogP contribution in [0.2, 0.25) is 0 Å². The van der Waals surface area contributed by atoms with Crippen LogP contribution in [0, 0.1) is 6.92 Å². The van der Waals surface area contributed by atoms with Crippen molar-refractivity contribution in [3.05, 3.63) is 70.1 Å². The summed E-state index contributed by atoms with van der Waals surface area (Å²) in [6, 6.07) is 15.6. The lowest BCUT2D eigenvalue weighted by Crippen LogP contribution is -2.17. The van der Waals surface area contributed by atoms with Crippen molar-refractivity contribution in [1.29, 1.82) is 0 Å². The predicted octanol–water partition coefficient (Wildman–Crippen LogP) is 4.42. The summed E-state index contributed by atoms with van der Waals surface area (Å²) in [5.41, 5.74) is 2.85. The highest BCUT2D eigenvalue weighted by molar-refractivity contribution is 8.01. The van der Waals surface area contributed by atoms with E-state index in [1.165, 1.54) is 16.4 Å². The Hall–Kier alpha value is -3.46. The van der Waals surface area contributed by atoms with Gasteiger partial charge in [0.05, 0.1) is 5.69 Å². The van der Waals surface area contributed by atoms with E-state index in [0.717, 1.165) is 16.0 Å². The standard InChI is InChI=1S/C22H20N4O4S/c1-13-19(22(30)26(25-13)11-5-8-18(27)28)23-24-21-20(29)16-12-15(9-10-17(16)31-21)14-6-3-2-4-7-14/h2-4,6-7,9-10,12,21,25H,5,8,11H2,1H3,(H,27,28). The number of nitrogens with zero attached hydrogens (tertiary/aromatic N) is 3. The lowest BCUT2D eigenvalue weighted by molar-refractivity contribution is -0.137. The molecule has 0 aliphatic carbocycles. The van der Waals surface area contributed by atoms with Gasteiger partial charge in [-0.1, -0.05) is 48.2 Å². The van der Waals surface area contributed by atoms with Gasteiger partial charge in [-0.25, -0.2) is 0 Å². The zero-order valence-electron chi connectivity index (χ0n) is 16.7. The molecule has 1 atom stereocenters. The maximum absolute atomic E-state index is 12.9. The number of carbonyl (C=O) groups is 2. The van der Waals surface area contributed by atoms with Crippen molar-refractivity contribution >= 4 is 29.2 Å². The number of thioether (sulfide) groups is 1. The number of benzene rings is 2. The van der Waals surface area contributed by atoms with Crippen LogP contribution >= 0.6 is 11.8 Å².